The van der Waals surface area contributed by atoms with Gasteiger partial charge in [0.15, 0.2) is 0 Å². The highest BCUT2D eigenvalue weighted by molar-refractivity contribution is 9.10. The third-order valence-corrected chi connectivity index (χ3v) is 3.83. The SMILES string of the molecule is COc1cc(C2CCC2)cc(OC)c1Br. The predicted molar refractivity (Wildman–Crippen MR) is 63.8 cm³/mol. The van der Waals surface area contributed by atoms with E-state index in [1.54, 1.807) is 14.2 Å². The molecule has 0 unspecified atom stereocenters. The fourth-order valence-corrected chi connectivity index (χ4v) is 2.42. The van der Waals surface area contributed by atoms with Crippen molar-refractivity contribution in [1.29, 1.82) is 0 Å². The first-order valence-corrected chi connectivity index (χ1v) is 5.97. The van der Waals surface area contributed by atoms with Crippen molar-refractivity contribution < 1.29 is 9.47 Å². The zero-order valence-corrected chi connectivity index (χ0v) is 10.6. The van der Waals surface area contributed by atoms with Crippen LogP contribution in [0.2, 0.25) is 0 Å². The van der Waals surface area contributed by atoms with Gasteiger partial charge in [0.1, 0.15) is 16.0 Å². The van der Waals surface area contributed by atoms with Gasteiger partial charge in [0.25, 0.3) is 0 Å². The summed E-state index contributed by atoms with van der Waals surface area (Å²) in [5.74, 6) is 2.41. The van der Waals surface area contributed by atoms with Crippen LogP contribution in [0.4, 0.5) is 0 Å². The first kappa shape index (κ1) is 10.8. The van der Waals surface area contributed by atoms with Gasteiger partial charge in [-0.05, 0) is 52.4 Å². The third kappa shape index (κ3) is 1.98. The lowest BCUT2D eigenvalue weighted by Gasteiger charge is -2.26. The van der Waals surface area contributed by atoms with Gasteiger partial charge in [-0.3, -0.25) is 0 Å². The highest BCUT2D eigenvalue weighted by atomic mass is 79.9. The molecule has 0 N–H and O–H groups in total. The van der Waals surface area contributed by atoms with E-state index >= 15 is 0 Å². The molecule has 1 saturated carbocycles. The number of ether oxygens (including phenoxy) is 2. The van der Waals surface area contributed by atoms with Crippen LogP contribution in [-0.2, 0) is 0 Å². The molecule has 0 heterocycles. The maximum atomic E-state index is 5.32. The molecule has 0 aromatic heterocycles. The Labute approximate surface area is 98.7 Å². The average molecular weight is 271 g/mol. The van der Waals surface area contributed by atoms with Gasteiger partial charge in [-0.1, -0.05) is 6.42 Å². The van der Waals surface area contributed by atoms with Gasteiger partial charge < -0.3 is 9.47 Å². The Morgan fingerprint density at radius 1 is 1.13 bits per heavy atom. The molecule has 3 heteroatoms. The Bertz CT molecular complexity index is 334. The Morgan fingerprint density at radius 2 is 1.67 bits per heavy atom. The molecule has 2 nitrogen and oxygen atoms in total. The van der Waals surface area contributed by atoms with E-state index in [4.69, 9.17) is 9.47 Å². The molecule has 1 aromatic carbocycles. The average Bonchev–Trinajstić information content (AvgIpc) is 2.17. The second-order valence-electron chi connectivity index (χ2n) is 3.87. The summed E-state index contributed by atoms with van der Waals surface area (Å²) in [7, 11) is 3.37. The van der Waals surface area contributed by atoms with Crippen molar-refractivity contribution in [2.24, 2.45) is 0 Å². The van der Waals surface area contributed by atoms with Crippen LogP contribution in [-0.4, -0.2) is 14.2 Å². The van der Waals surface area contributed by atoms with Crippen LogP contribution in [0.25, 0.3) is 0 Å². The second kappa shape index (κ2) is 4.44. The largest absolute Gasteiger partial charge is 0.495 e. The molecule has 1 aliphatic carbocycles. The number of rotatable bonds is 3. The number of hydrogen-bond donors (Lipinski definition) is 0. The van der Waals surface area contributed by atoms with E-state index in [9.17, 15) is 0 Å². The topological polar surface area (TPSA) is 18.5 Å². The van der Waals surface area contributed by atoms with Gasteiger partial charge in [0.05, 0.1) is 14.2 Å². The summed E-state index contributed by atoms with van der Waals surface area (Å²) in [6, 6.07) is 4.22. The molecule has 1 aromatic rings. The maximum absolute atomic E-state index is 5.32. The summed E-state index contributed by atoms with van der Waals surface area (Å²) >= 11 is 3.47. The Morgan fingerprint density at radius 3 is 2.00 bits per heavy atom. The summed E-state index contributed by atoms with van der Waals surface area (Å²) < 4.78 is 11.5. The fourth-order valence-electron chi connectivity index (χ4n) is 1.87. The summed E-state index contributed by atoms with van der Waals surface area (Å²) in [5.41, 5.74) is 1.33. The summed E-state index contributed by atoms with van der Waals surface area (Å²) in [6.07, 6.45) is 3.91. The van der Waals surface area contributed by atoms with Crippen molar-refractivity contribution in [2.75, 3.05) is 14.2 Å². The van der Waals surface area contributed by atoms with E-state index in [1.807, 2.05) is 0 Å². The highest BCUT2D eigenvalue weighted by Gasteiger charge is 2.22. The quantitative estimate of drug-likeness (QED) is 0.833. The molecule has 15 heavy (non-hydrogen) atoms. The predicted octanol–water partition coefficient (Wildman–Crippen LogP) is 3.73. The van der Waals surface area contributed by atoms with Crippen LogP contribution in [0.5, 0.6) is 11.5 Å². The van der Waals surface area contributed by atoms with Crippen molar-refractivity contribution in [3.63, 3.8) is 0 Å². The summed E-state index contributed by atoms with van der Waals surface area (Å²) in [5, 5.41) is 0. The summed E-state index contributed by atoms with van der Waals surface area (Å²) in [6.45, 7) is 0. The Hall–Kier alpha value is -0.700. The lowest BCUT2D eigenvalue weighted by atomic mass is 9.80. The van der Waals surface area contributed by atoms with Crippen molar-refractivity contribution in [2.45, 2.75) is 25.2 Å². The van der Waals surface area contributed by atoms with Crippen molar-refractivity contribution in [3.05, 3.63) is 22.2 Å². The van der Waals surface area contributed by atoms with Crippen LogP contribution in [0, 0.1) is 0 Å². The van der Waals surface area contributed by atoms with Crippen LogP contribution in [0.1, 0.15) is 30.7 Å². The lowest BCUT2D eigenvalue weighted by molar-refractivity contribution is 0.379. The Balaban J connectivity index is 2.38. The molecule has 1 fully saturated rings. The van der Waals surface area contributed by atoms with E-state index in [2.05, 4.69) is 28.1 Å². The molecule has 0 radical (unpaired) electrons. The van der Waals surface area contributed by atoms with Gasteiger partial charge in [-0.25, -0.2) is 0 Å². The molecular formula is C12H15BrO2. The van der Waals surface area contributed by atoms with Gasteiger partial charge in [-0.15, -0.1) is 0 Å². The van der Waals surface area contributed by atoms with Crippen LogP contribution >= 0.6 is 15.9 Å². The van der Waals surface area contributed by atoms with E-state index in [1.165, 1.54) is 24.8 Å². The van der Waals surface area contributed by atoms with E-state index < -0.39 is 0 Å². The number of hydrogen-bond acceptors (Lipinski definition) is 2. The molecule has 0 spiro atoms. The van der Waals surface area contributed by atoms with Gasteiger partial charge in [0, 0.05) is 0 Å². The first-order chi connectivity index (χ1) is 7.26. The van der Waals surface area contributed by atoms with Gasteiger partial charge in [-0.2, -0.15) is 0 Å². The number of methoxy groups -OCH3 is 2. The molecule has 1 aliphatic rings. The molecule has 0 amide bonds. The number of halogens is 1. The minimum absolute atomic E-state index is 0.695. The fraction of sp³-hybridized carbons (Fsp3) is 0.500. The monoisotopic (exact) mass is 270 g/mol. The smallest absolute Gasteiger partial charge is 0.137 e. The molecule has 0 aliphatic heterocycles. The first-order valence-electron chi connectivity index (χ1n) is 5.17. The molecule has 0 atom stereocenters. The van der Waals surface area contributed by atoms with Crippen LogP contribution in [0.3, 0.4) is 0 Å². The van der Waals surface area contributed by atoms with Gasteiger partial charge >= 0.3 is 0 Å². The number of benzene rings is 1. The molecule has 82 valence electrons. The van der Waals surface area contributed by atoms with Crippen molar-refractivity contribution in [1.82, 2.24) is 0 Å². The van der Waals surface area contributed by atoms with Crippen LogP contribution in [0.15, 0.2) is 16.6 Å². The molecular weight excluding hydrogens is 256 g/mol. The maximum Gasteiger partial charge on any atom is 0.137 e. The lowest BCUT2D eigenvalue weighted by Crippen LogP contribution is -2.09. The van der Waals surface area contributed by atoms with E-state index in [0.717, 1.165) is 16.0 Å². The molecule has 0 bridgehead atoms. The van der Waals surface area contributed by atoms with Crippen molar-refractivity contribution in [3.8, 4) is 11.5 Å². The zero-order valence-electron chi connectivity index (χ0n) is 9.05. The third-order valence-electron chi connectivity index (χ3n) is 3.04. The minimum Gasteiger partial charge on any atom is -0.495 e. The second-order valence-corrected chi connectivity index (χ2v) is 4.66. The standard InChI is InChI=1S/C12H15BrO2/c1-14-10-6-9(8-4-3-5-8)7-11(15-2)12(10)13/h6-8H,3-5H2,1-2H3. The molecule has 0 saturated heterocycles. The molecule has 2 rings (SSSR count). The van der Waals surface area contributed by atoms with E-state index in [-0.39, 0.29) is 0 Å². The summed E-state index contributed by atoms with van der Waals surface area (Å²) in [4.78, 5) is 0. The van der Waals surface area contributed by atoms with Crippen molar-refractivity contribution >= 4 is 15.9 Å². The highest BCUT2D eigenvalue weighted by Crippen LogP contribution is 2.43. The normalized spacial score (nSPS) is 15.9. The minimum atomic E-state index is 0.695. The zero-order chi connectivity index (χ0) is 10.8. The van der Waals surface area contributed by atoms with E-state index in [0.29, 0.717) is 5.92 Å². The van der Waals surface area contributed by atoms with Crippen LogP contribution < -0.4 is 9.47 Å². The Kier molecular flexibility index (Phi) is 3.19. The van der Waals surface area contributed by atoms with Gasteiger partial charge in [0.2, 0.25) is 0 Å².